The number of methoxy groups -OCH3 is 2. The standard InChI is InChI=1S/C33H45NO7S/c1-6-34(17-21-12-13-21)25-16-23-14-15-26(37-3)30-27(23)29-28(25)24(19-40-42(5,35)36)33(2,32(38-4)31(29)41-30)20-39-18-22-10-8-7-9-11-22/h7-11,14-15,21,24-25,28-29,31-32H,6,12-13,16-20H2,1-5H3. The normalized spacial score (nSPS) is 31.6. The van der Waals surface area contributed by atoms with E-state index in [9.17, 15) is 8.42 Å². The van der Waals surface area contributed by atoms with E-state index in [4.69, 9.17) is 23.1 Å². The molecule has 2 aromatic carbocycles. The van der Waals surface area contributed by atoms with Gasteiger partial charge in [-0.3, -0.25) is 9.08 Å². The molecule has 2 saturated carbocycles. The number of rotatable bonds is 13. The summed E-state index contributed by atoms with van der Waals surface area (Å²) in [5.74, 6) is 2.20. The van der Waals surface area contributed by atoms with Crippen LogP contribution in [0.5, 0.6) is 11.5 Å². The van der Waals surface area contributed by atoms with Crippen molar-refractivity contribution in [2.75, 3.05) is 46.8 Å². The highest BCUT2D eigenvalue weighted by Crippen LogP contribution is 2.63. The summed E-state index contributed by atoms with van der Waals surface area (Å²) >= 11 is 0. The first-order valence-electron chi connectivity index (χ1n) is 15.3. The van der Waals surface area contributed by atoms with Gasteiger partial charge in [-0.2, -0.15) is 8.42 Å². The Bertz CT molecular complexity index is 1360. The molecule has 2 aromatic rings. The lowest BCUT2D eigenvalue weighted by Crippen LogP contribution is -2.66. The largest absolute Gasteiger partial charge is 0.493 e. The number of hydrogen-bond acceptors (Lipinski definition) is 8. The third kappa shape index (κ3) is 5.47. The Labute approximate surface area is 250 Å². The fourth-order valence-electron chi connectivity index (χ4n) is 8.18. The van der Waals surface area contributed by atoms with Crippen LogP contribution in [0.1, 0.15) is 49.3 Å². The third-order valence-corrected chi connectivity index (χ3v) is 10.8. The highest BCUT2D eigenvalue weighted by Gasteiger charge is 2.65. The van der Waals surface area contributed by atoms with Crippen molar-refractivity contribution >= 4 is 10.1 Å². The molecule has 0 saturated heterocycles. The van der Waals surface area contributed by atoms with Crippen LogP contribution in [-0.2, 0) is 36.8 Å². The smallest absolute Gasteiger partial charge is 0.264 e. The summed E-state index contributed by atoms with van der Waals surface area (Å²) in [5.41, 5.74) is 2.98. The van der Waals surface area contributed by atoms with Gasteiger partial charge in [0.2, 0.25) is 0 Å². The van der Waals surface area contributed by atoms with Crippen molar-refractivity contribution < 1.29 is 31.5 Å². The van der Waals surface area contributed by atoms with E-state index < -0.39 is 15.5 Å². The molecule has 1 aliphatic heterocycles. The quantitative estimate of drug-likeness (QED) is 0.308. The zero-order valence-corrected chi connectivity index (χ0v) is 26.3. The van der Waals surface area contributed by atoms with Gasteiger partial charge in [0.15, 0.2) is 11.5 Å². The molecule has 2 fully saturated rings. The first-order chi connectivity index (χ1) is 20.2. The van der Waals surface area contributed by atoms with Gasteiger partial charge < -0.3 is 18.9 Å². The molecule has 7 atom stereocenters. The fourth-order valence-corrected chi connectivity index (χ4v) is 8.58. The minimum atomic E-state index is -3.67. The summed E-state index contributed by atoms with van der Waals surface area (Å²) in [6.07, 6.45) is 3.95. The Kier molecular flexibility index (Phi) is 8.35. The minimum Gasteiger partial charge on any atom is -0.493 e. The van der Waals surface area contributed by atoms with Crippen molar-refractivity contribution in [2.24, 2.45) is 23.2 Å². The third-order valence-electron chi connectivity index (χ3n) is 10.3. The lowest BCUT2D eigenvalue weighted by atomic mass is 9.51. The van der Waals surface area contributed by atoms with Gasteiger partial charge in [0.1, 0.15) is 12.2 Å². The molecule has 7 unspecified atom stereocenters. The zero-order valence-electron chi connectivity index (χ0n) is 25.5. The van der Waals surface area contributed by atoms with Crippen LogP contribution in [0.4, 0.5) is 0 Å². The van der Waals surface area contributed by atoms with Crippen LogP contribution in [0.3, 0.4) is 0 Å². The summed E-state index contributed by atoms with van der Waals surface area (Å²) in [7, 11) is -0.263. The molecular formula is C33H45NO7S. The van der Waals surface area contributed by atoms with Crippen molar-refractivity contribution in [3.8, 4) is 11.5 Å². The average Bonchev–Trinajstić information content (AvgIpc) is 3.71. The summed E-state index contributed by atoms with van der Waals surface area (Å²) < 4.78 is 56.0. The first kappa shape index (κ1) is 29.9. The molecule has 0 radical (unpaired) electrons. The van der Waals surface area contributed by atoms with Gasteiger partial charge in [0, 0.05) is 36.6 Å². The maximum absolute atomic E-state index is 12.4. The molecule has 0 amide bonds. The molecular weight excluding hydrogens is 554 g/mol. The second-order valence-corrected chi connectivity index (χ2v) is 14.5. The molecule has 230 valence electrons. The van der Waals surface area contributed by atoms with Crippen molar-refractivity contribution in [3.05, 3.63) is 59.2 Å². The van der Waals surface area contributed by atoms with Crippen molar-refractivity contribution in [2.45, 2.75) is 63.9 Å². The number of benzene rings is 2. The molecule has 1 heterocycles. The summed E-state index contributed by atoms with van der Waals surface area (Å²) in [5, 5.41) is 0. The highest BCUT2D eigenvalue weighted by molar-refractivity contribution is 7.85. The Hall–Kier alpha value is -2.17. The number of ether oxygens (including phenoxy) is 4. The number of nitrogens with zero attached hydrogens (tertiary/aromatic N) is 1. The van der Waals surface area contributed by atoms with Gasteiger partial charge in [-0.05, 0) is 60.8 Å². The molecule has 8 nitrogen and oxygen atoms in total. The van der Waals surface area contributed by atoms with E-state index in [0.717, 1.165) is 48.7 Å². The molecule has 0 N–H and O–H groups in total. The molecule has 0 spiro atoms. The predicted molar refractivity (Wildman–Crippen MR) is 160 cm³/mol. The summed E-state index contributed by atoms with van der Waals surface area (Å²) in [6.45, 7) is 7.31. The van der Waals surface area contributed by atoms with Crippen molar-refractivity contribution in [1.82, 2.24) is 4.90 Å². The topological polar surface area (TPSA) is 83.5 Å². The lowest BCUT2D eigenvalue weighted by Gasteiger charge is -2.58. The molecule has 3 aliphatic carbocycles. The van der Waals surface area contributed by atoms with Crippen LogP contribution >= 0.6 is 0 Å². The van der Waals surface area contributed by atoms with Gasteiger partial charge in [-0.15, -0.1) is 0 Å². The molecule has 42 heavy (non-hydrogen) atoms. The molecule has 0 bridgehead atoms. The Morgan fingerprint density at radius 2 is 1.86 bits per heavy atom. The molecule has 9 heteroatoms. The van der Waals surface area contributed by atoms with E-state index in [-0.39, 0.29) is 42.6 Å². The maximum Gasteiger partial charge on any atom is 0.264 e. The van der Waals surface area contributed by atoms with Crippen LogP contribution in [0, 0.1) is 23.2 Å². The maximum atomic E-state index is 12.4. The van der Waals surface area contributed by atoms with Gasteiger partial charge >= 0.3 is 0 Å². The van der Waals surface area contributed by atoms with Gasteiger partial charge in [0.05, 0.1) is 33.2 Å². The van der Waals surface area contributed by atoms with Crippen LogP contribution in [0.15, 0.2) is 42.5 Å². The molecule has 0 aromatic heterocycles. The van der Waals surface area contributed by atoms with Crippen LogP contribution in [0.2, 0.25) is 0 Å². The van der Waals surface area contributed by atoms with Gasteiger partial charge in [-0.1, -0.05) is 50.2 Å². The van der Waals surface area contributed by atoms with E-state index in [1.807, 2.05) is 24.3 Å². The first-order valence-corrected chi connectivity index (χ1v) is 17.1. The van der Waals surface area contributed by atoms with E-state index in [2.05, 4.69) is 36.9 Å². The zero-order chi connectivity index (χ0) is 29.6. The fraction of sp³-hybridized carbons (Fsp3) is 0.636. The van der Waals surface area contributed by atoms with Crippen molar-refractivity contribution in [1.29, 1.82) is 0 Å². The van der Waals surface area contributed by atoms with Gasteiger partial charge in [-0.25, -0.2) is 0 Å². The van der Waals surface area contributed by atoms with Crippen molar-refractivity contribution in [3.63, 3.8) is 0 Å². The summed E-state index contributed by atoms with van der Waals surface area (Å²) in [4.78, 5) is 2.64. The Morgan fingerprint density at radius 3 is 2.50 bits per heavy atom. The molecule has 4 aliphatic rings. The monoisotopic (exact) mass is 599 g/mol. The van der Waals surface area contributed by atoms with E-state index in [1.165, 1.54) is 24.0 Å². The number of likely N-dealkylation sites (N-methyl/N-ethyl adjacent to an activating group) is 1. The van der Waals surface area contributed by atoms with E-state index in [1.54, 1.807) is 14.2 Å². The van der Waals surface area contributed by atoms with E-state index in [0.29, 0.717) is 13.2 Å². The van der Waals surface area contributed by atoms with Crippen LogP contribution in [-0.4, -0.2) is 78.3 Å². The Morgan fingerprint density at radius 1 is 1.10 bits per heavy atom. The minimum absolute atomic E-state index is 0.0254. The lowest BCUT2D eigenvalue weighted by molar-refractivity contribution is -0.190. The Balaban J connectivity index is 1.45. The second-order valence-electron chi connectivity index (χ2n) is 12.9. The summed E-state index contributed by atoms with van der Waals surface area (Å²) in [6, 6.07) is 14.5. The van der Waals surface area contributed by atoms with Crippen LogP contribution < -0.4 is 9.47 Å². The highest BCUT2D eigenvalue weighted by atomic mass is 32.2. The van der Waals surface area contributed by atoms with E-state index >= 15 is 0 Å². The second kappa shape index (κ2) is 11.7. The SMILES string of the molecule is CCN(CC1CC1)C1Cc2ccc(OC)c3c2C2C(O3)C(OC)C(C)(COCc3ccccc3)C(COS(C)(=O)=O)C21. The van der Waals surface area contributed by atoms with Crippen LogP contribution in [0.25, 0.3) is 0 Å². The average molecular weight is 600 g/mol. The molecule has 6 rings (SSSR count). The number of hydrogen-bond donors (Lipinski definition) is 0. The predicted octanol–water partition coefficient (Wildman–Crippen LogP) is 4.66. The van der Waals surface area contributed by atoms with Gasteiger partial charge in [0.25, 0.3) is 10.1 Å².